The maximum absolute atomic E-state index is 12.6. The zero-order valence-corrected chi connectivity index (χ0v) is 16.8. The van der Waals surface area contributed by atoms with Crippen LogP contribution in [0.15, 0.2) is 41.8 Å². The molecule has 2 rings (SSSR count). The number of carbonyl (C=O) groups is 1. The van der Waals surface area contributed by atoms with Crippen LogP contribution in [0.4, 0.5) is 0 Å². The minimum Gasteiger partial charge on any atom is -0.457 e. The summed E-state index contributed by atoms with van der Waals surface area (Å²) in [5.74, 6) is -0.794. The fraction of sp³-hybridized carbons (Fsp3) is 0.526. The molecule has 8 heteroatoms. The van der Waals surface area contributed by atoms with Gasteiger partial charge in [-0.2, -0.15) is 8.42 Å². The van der Waals surface area contributed by atoms with Crippen molar-refractivity contribution in [3.8, 4) is 0 Å². The Morgan fingerprint density at radius 2 is 2.04 bits per heavy atom. The highest BCUT2D eigenvalue weighted by atomic mass is 32.2. The van der Waals surface area contributed by atoms with Crippen molar-refractivity contribution >= 4 is 16.1 Å². The van der Waals surface area contributed by atoms with Crippen molar-refractivity contribution in [1.29, 1.82) is 0 Å². The lowest BCUT2D eigenvalue weighted by atomic mass is 9.84. The largest absolute Gasteiger partial charge is 0.457 e. The lowest BCUT2D eigenvalue weighted by molar-refractivity contribution is -0.154. The molecule has 1 saturated heterocycles. The molecule has 1 aliphatic rings. The topological polar surface area (TPSA) is 88.1 Å². The Morgan fingerprint density at radius 3 is 2.56 bits per heavy atom. The summed E-state index contributed by atoms with van der Waals surface area (Å²) in [5.41, 5.74) is -0.220. The molecule has 0 radical (unpaired) electrons. The first-order chi connectivity index (χ1) is 12.7. The molecule has 4 atom stereocenters. The van der Waals surface area contributed by atoms with Crippen LogP contribution in [0.3, 0.4) is 0 Å². The van der Waals surface area contributed by atoms with Gasteiger partial charge in [0.1, 0.15) is 11.7 Å². The number of esters is 1. The van der Waals surface area contributed by atoms with E-state index in [9.17, 15) is 13.2 Å². The number of ether oxygens (including phenoxy) is 3. The summed E-state index contributed by atoms with van der Waals surface area (Å²) in [6.45, 7) is 8.52. The van der Waals surface area contributed by atoms with Crippen LogP contribution in [0, 0.1) is 12.8 Å². The molecule has 1 fully saturated rings. The Hall–Kier alpha value is -1.74. The molecule has 27 heavy (non-hydrogen) atoms. The van der Waals surface area contributed by atoms with Crippen LogP contribution in [0.25, 0.3) is 0 Å². The molecule has 150 valence electrons. The first-order valence-electron chi connectivity index (χ1n) is 8.59. The zero-order valence-electron chi connectivity index (χ0n) is 16.0. The zero-order chi connectivity index (χ0) is 20.2. The highest BCUT2D eigenvalue weighted by Gasteiger charge is 2.55. The Balaban J connectivity index is 2.28. The van der Waals surface area contributed by atoms with Gasteiger partial charge in [-0.05, 0) is 19.1 Å². The van der Waals surface area contributed by atoms with E-state index in [-0.39, 0.29) is 24.0 Å². The van der Waals surface area contributed by atoms with Crippen LogP contribution in [0.2, 0.25) is 0 Å². The van der Waals surface area contributed by atoms with Gasteiger partial charge in [0, 0.05) is 20.0 Å². The standard InChI is InChI=1S/C19H26O7S/c1-6-14(3)19(18(23-5)17(11-24-19)26-15(4)20)12-25-27(21,22)16-9-7-13(2)8-10-16/h6-10,14,17-18H,1,11-12H2,2-5H3/t14-,17-,18-,19+/m0/s1. The number of hydrogen-bond acceptors (Lipinski definition) is 7. The Labute approximate surface area is 160 Å². The fourth-order valence-electron chi connectivity index (χ4n) is 3.17. The molecule has 0 spiro atoms. The van der Waals surface area contributed by atoms with Crippen LogP contribution < -0.4 is 0 Å². The van der Waals surface area contributed by atoms with E-state index < -0.39 is 33.9 Å². The molecule has 1 aromatic carbocycles. The summed E-state index contributed by atoms with van der Waals surface area (Å²) in [5, 5.41) is 0. The van der Waals surface area contributed by atoms with E-state index in [2.05, 4.69) is 6.58 Å². The van der Waals surface area contributed by atoms with E-state index in [1.165, 1.54) is 26.2 Å². The Bertz CT molecular complexity index is 772. The maximum atomic E-state index is 12.6. The van der Waals surface area contributed by atoms with Crippen molar-refractivity contribution in [2.24, 2.45) is 5.92 Å². The monoisotopic (exact) mass is 398 g/mol. The minimum atomic E-state index is -3.99. The number of hydrogen-bond donors (Lipinski definition) is 0. The van der Waals surface area contributed by atoms with Crippen molar-refractivity contribution in [3.05, 3.63) is 42.5 Å². The van der Waals surface area contributed by atoms with Gasteiger partial charge in [0.15, 0.2) is 6.10 Å². The number of methoxy groups -OCH3 is 1. The van der Waals surface area contributed by atoms with E-state index in [1.54, 1.807) is 18.2 Å². The quantitative estimate of drug-likeness (QED) is 0.377. The molecule has 1 aromatic rings. The molecule has 0 saturated carbocycles. The van der Waals surface area contributed by atoms with Crippen molar-refractivity contribution in [3.63, 3.8) is 0 Å². The Morgan fingerprint density at radius 1 is 1.41 bits per heavy atom. The molecule has 0 N–H and O–H groups in total. The molecule has 0 amide bonds. The molecule has 1 heterocycles. The van der Waals surface area contributed by atoms with Crippen LogP contribution >= 0.6 is 0 Å². The third-order valence-corrected chi connectivity index (χ3v) is 6.06. The first-order valence-corrected chi connectivity index (χ1v) is 9.99. The van der Waals surface area contributed by atoms with Gasteiger partial charge in [0.2, 0.25) is 0 Å². The van der Waals surface area contributed by atoms with Gasteiger partial charge in [0.05, 0.1) is 18.1 Å². The normalized spacial score (nSPS) is 26.5. The highest BCUT2D eigenvalue weighted by Crippen LogP contribution is 2.38. The third kappa shape index (κ3) is 4.57. The predicted octanol–water partition coefficient (Wildman–Crippen LogP) is 2.24. The summed E-state index contributed by atoms with van der Waals surface area (Å²) in [6, 6.07) is 6.36. The number of aryl methyl sites for hydroxylation is 1. The van der Waals surface area contributed by atoms with E-state index in [4.69, 9.17) is 18.4 Å². The molecular formula is C19H26O7S. The number of carbonyl (C=O) groups excluding carboxylic acids is 1. The van der Waals surface area contributed by atoms with Gasteiger partial charge >= 0.3 is 5.97 Å². The van der Waals surface area contributed by atoms with Gasteiger partial charge < -0.3 is 14.2 Å². The second-order valence-electron chi connectivity index (χ2n) is 6.62. The number of benzene rings is 1. The number of rotatable bonds is 8. The van der Waals surface area contributed by atoms with Crippen LogP contribution in [0.1, 0.15) is 19.4 Å². The lowest BCUT2D eigenvalue weighted by Crippen LogP contribution is -2.53. The van der Waals surface area contributed by atoms with Gasteiger partial charge in [-0.1, -0.05) is 30.7 Å². The maximum Gasteiger partial charge on any atom is 0.303 e. The van der Waals surface area contributed by atoms with Gasteiger partial charge in [-0.3, -0.25) is 8.98 Å². The summed E-state index contributed by atoms with van der Waals surface area (Å²) in [4.78, 5) is 11.4. The molecule has 0 unspecified atom stereocenters. The molecule has 7 nitrogen and oxygen atoms in total. The van der Waals surface area contributed by atoms with E-state index in [0.29, 0.717) is 0 Å². The molecule has 0 bridgehead atoms. The minimum absolute atomic E-state index is 0.0537. The van der Waals surface area contributed by atoms with Crippen LogP contribution in [0.5, 0.6) is 0 Å². The van der Waals surface area contributed by atoms with Crippen molar-refractivity contribution < 1.29 is 31.6 Å². The van der Waals surface area contributed by atoms with Crippen molar-refractivity contribution in [1.82, 2.24) is 0 Å². The fourth-order valence-corrected chi connectivity index (χ4v) is 4.11. The van der Waals surface area contributed by atoms with Crippen LogP contribution in [-0.2, 0) is 33.3 Å². The Kier molecular flexibility index (Phi) is 6.80. The summed E-state index contributed by atoms with van der Waals surface area (Å²) >= 11 is 0. The van der Waals surface area contributed by atoms with E-state index in [1.807, 2.05) is 13.8 Å². The predicted molar refractivity (Wildman–Crippen MR) is 98.7 cm³/mol. The summed E-state index contributed by atoms with van der Waals surface area (Å²) in [7, 11) is -2.54. The van der Waals surface area contributed by atoms with Gasteiger partial charge in [-0.15, -0.1) is 6.58 Å². The average Bonchev–Trinajstić information content (AvgIpc) is 2.97. The molecule has 1 aliphatic heterocycles. The molecular weight excluding hydrogens is 372 g/mol. The SMILES string of the molecule is C=C[C@H](C)[C@@]1(COS(=O)(=O)c2ccc(C)cc2)OC[C@H](OC(C)=O)[C@@H]1OC. The molecule has 0 aromatic heterocycles. The second-order valence-corrected chi connectivity index (χ2v) is 8.24. The van der Waals surface area contributed by atoms with Gasteiger partial charge in [0.25, 0.3) is 10.1 Å². The smallest absolute Gasteiger partial charge is 0.303 e. The van der Waals surface area contributed by atoms with Crippen molar-refractivity contribution in [2.75, 3.05) is 20.3 Å². The van der Waals surface area contributed by atoms with E-state index >= 15 is 0 Å². The average molecular weight is 398 g/mol. The summed E-state index contributed by atoms with van der Waals surface area (Å²) < 4.78 is 47.2. The lowest BCUT2D eigenvalue weighted by Gasteiger charge is -2.37. The van der Waals surface area contributed by atoms with Crippen LogP contribution in [-0.4, -0.2) is 52.5 Å². The van der Waals surface area contributed by atoms with Gasteiger partial charge in [-0.25, -0.2) is 0 Å². The first kappa shape index (κ1) is 21.6. The molecule has 0 aliphatic carbocycles. The second kappa shape index (κ2) is 8.52. The summed E-state index contributed by atoms with van der Waals surface area (Å²) in [6.07, 6.45) is 0.257. The third-order valence-electron chi connectivity index (χ3n) is 4.78. The van der Waals surface area contributed by atoms with Crippen molar-refractivity contribution in [2.45, 2.75) is 43.5 Å². The van der Waals surface area contributed by atoms with E-state index in [0.717, 1.165) is 5.56 Å². The highest BCUT2D eigenvalue weighted by molar-refractivity contribution is 7.86.